The lowest BCUT2D eigenvalue weighted by Gasteiger charge is -2.44. The topological polar surface area (TPSA) is 63.6 Å². The van der Waals surface area contributed by atoms with Gasteiger partial charge in [-0.3, -0.25) is 9.59 Å². The second-order valence-corrected chi connectivity index (χ2v) is 10.4. The van der Waals surface area contributed by atoms with E-state index < -0.39 is 5.54 Å². The van der Waals surface area contributed by atoms with Crippen molar-refractivity contribution in [3.05, 3.63) is 95.7 Å². The number of aromatic nitrogens is 1. The summed E-state index contributed by atoms with van der Waals surface area (Å²) in [6.07, 6.45) is 2.71. The van der Waals surface area contributed by atoms with Crippen LogP contribution in [0, 0.1) is 0 Å². The number of nitrogens with zero attached hydrogens (tertiary/aromatic N) is 2. The van der Waals surface area contributed by atoms with Crippen LogP contribution in [-0.2, 0) is 24.3 Å². The van der Waals surface area contributed by atoms with Crippen LogP contribution in [-0.4, -0.2) is 46.7 Å². The van der Waals surface area contributed by atoms with Crippen molar-refractivity contribution in [3.63, 3.8) is 0 Å². The van der Waals surface area contributed by atoms with E-state index in [1.807, 2.05) is 66.1 Å². The summed E-state index contributed by atoms with van der Waals surface area (Å²) in [5.74, 6) is 0.406. The molecule has 0 bridgehead atoms. The molecule has 0 saturated carbocycles. The number of carbonyl (C=O) groups excluding carboxylic acids is 2. The Hall–Kier alpha value is -3.71. The minimum atomic E-state index is -1.06. The molecule has 0 spiro atoms. The summed E-state index contributed by atoms with van der Waals surface area (Å²) in [7, 11) is 1.62. The van der Waals surface area contributed by atoms with Crippen molar-refractivity contribution in [2.75, 3.05) is 19.9 Å². The number of methoxy groups -OCH3 is 1. The minimum absolute atomic E-state index is 0.127. The molecule has 1 N–H and O–H groups in total. The lowest BCUT2D eigenvalue weighted by molar-refractivity contribution is -0.133. The lowest BCUT2D eigenvalue weighted by Crippen LogP contribution is -2.64. The van der Waals surface area contributed by atoms with Gasteiger partial charge in [0.1, 0.15) is 17.0 Å². The first-order valence-electron chi connectivity index (χ1n) is 12.4. The van der Waals surface area contributed by atoms with Gasteiger partial charge in [-0.15, -0.1) is 11.8 Å². The summed E-state index contributed by atoms with van der Waals surface area (Å²) >= 11 is 1.70. The number of hydrogen-bond acceptors (Lipinski definition) is 4. The highest BCUT2D eigenvalue weighted by atomic mass is 32.2. The Morgan fingerprint density at radius 1 is 1.05 bits per heavy atom. The summed E-state index contributed by atoms with van der Waals surface area (Å²) in [5.41, 5.74) is 2.54. The molecule has 0 radical (unpaired) electrons. The molecular weight excluding hydrogens is 482 g/mol. The van der Waals surface area contributed by atoms with Crippen molar-refractivity contribution in [2.24, 2.45) is 0 Å². The van der Waals surface area contributed by atoms with Crippen molar-refractivity contribution in [2.45, 2.75) is 36.9 Å². The van der Waals surface area contributed by atoms with E-state index >= 15 is 0 Å². The quantitative estimate of drug-likeness (QED) is 0.331. The molecule has 0 aliphatic carbocycles. The molecule has 2 amide bonds. The number of ether oxygens (including phenoxy) is 1. The van der Waals surface area contributed by atoms with Crippen LogP contribution in [0.4, 0.5) is 0 Å². The maximum Gasteiger partial charge on any atom is 0.271 e. The van der Waals surface area contributed by atoms with Crippen molar-refractivity contribution in [3.8, 4) is 5.75 Å². The molecule has 3 aromatic carbocycles. The number of benzene rings is 3. The predicted octanol–water partition coefficient (Wildman–Crippen LogP) is 5.15. The molecular formula is C30H31N3O3S. The Labute approximate surface area is 221 Å². The second kappa shape index (κ2) is 10.3. The number of amides is 2. The third-order valence-corrected chi connectivity index (χ3v) is 7.98. The third kappa shape index (κ3) is 4.71. The molecule has 0 fully saturated rings. The molecule has 0 saturated heterocycles. The third-order valence-electron chi connectivity index (χ3n) is 7.24. The molecule has 1 atom stereocenters. The molecule has 0 unspecified atom stereocenters. The fourth-order valence-corrected chi connectivity index (χ4v) is 5.51. The van der Waals surface area contributed by atoms with Crippen LogP contribution < -0.4 is 10.1 Å². The van der Waals surface area contributed by atoms with Gasteiger partial charge in [-0.05, 0) is 55.5 Å². The number of para-hydroxylation sites is 2. The highest BCUT2D eigenvalue weighted by Crippen LogP contribution is 2.33. The SMILES string of the molecule is COc1ccccc1CNC(=O)[C@]1(C)Cn2c(cc3ccccc32)C(=O)N1CCc1ccc(SC)cc1. The van der Waals surface area contributed by atoms with E-state index in [4.69, 9.17) is 4.74 Å². The molecule has 4 aromatic rings. The van der Waals surface area contributed by atoms with Gasteiger partial charge >= 0.3 is 0 Å². The second-order valence-electron chi connectivity index (χ2n) is 9.50. The van der Waals surface area contributed by atoms with Gasteiger partial charge in [0.05, 0.1) is 13.7 Å². The van der Waals surface area contributed by atoms with Gasteiger partial charge in [0.15, 0.2) is 0 Å². The van der Waals surface area contributed by atoms with Gasteiger partial charge in [-0.25, -0.2) is 0 Å². The van der Waals surface area contributed by atoms with Crippen molar-refractivity contribution in [1.82, 2.24) is 14.8 Å². The van der Waals surface area contributed by atoms with E-state index in [-0.39, 0.29) is 11.8 Å². The number of thioether (sulfide) groups is 1. The monoisotopic (exact) mass is 513 g/mol. The van der Waals surface area contributed by atoms with Crippen LogP contribution in [0.15, 0.2) is 83.8 Å². The average molecular weight is 514 g/mol. The summed E-state index contributed by atoms with van der Waals surface area (Å²) in [4.78, 5) is 30.7. The highest BCUT2D eigenvalue weighted by Gasteiger charge is 2.47. The first-order chi connectivity index (χ1) is 17.9. The van der Waals surface area contributed by atoms with Crippen molar-refractivity contribution in [1.29, 1.82) is 0 Å². The van der Waals surface area contributed by atoms with Crippen molar-refractivity contribution < 1.29 is 14.3 Å². The predicted molar refractivity (Wildman–Crippen MR) is 148 cm³/mol. The number of rotatable bonds is 8. The maximum absolute atomic E-state index is 13.9. The zero-order valence-electron chi connectivity index (χ0n) is 21.4. The van der Waals surface area contributed by atoms with Crippen LogP contribution >= 0.6 is 11.8 Å². The highest BCUT2D eigenvalue weighted by molar-refractivity contribution is 7.98. The fourth-order valence-electron chi connectivity index (χ4n) is 5.10. The van der Waals surface area contributed by atoms with Gasteiger partial charge in [0.25, 0.3) is 5.91 Å². The van der Waals surface area contributed by atoms with Gasteiger partial charge in [-0.1, -0.05) is 48.5 Å². The van der Waals surface area contributed by atoms with Crippen LogP contribution in [0.3, 0.4) is 0 Å². The molecule has 1 aromatic heterocycles. The Kier molecular flexibility index (Phi) is 6.98. The lowest BCUT2D eigenvalue weighted by atomic mass is 9.93. The summed E-state index contributed by atoms with van der Waals surface area (Å²) in [6.45, 7) is 3.01. The van der Waals surface area contributed by atoms with Gasteiger partial charge < -0.3 is 19.5 Å². The van der Waals surface area contributed by atoms with E-state index in [1.165, 1.54) is 4.90 Å². The first kappa shape index (κ1) is 25.0. The van der Waals surface area contributed by atoms with E-state index in [2.05, 4.69) is 35.8 Å². The van der Waals surface area contributed by atoms with E-state index in [0.29, 0.717) is 31.7 Å². The van der Waals surface area contributed by atoms with Crippen LogP contribution in [0.25, 0.3) is 10.9 Å². The largest absolute Gasteiger partial charge is 0.496 e. The number of hydrogen-bond donors (Lipinski definition) is 1. The molecule has 1 aliphatic heterocycles. The van der Waals surface area contributed by atoms with Crippen LogP contribution in [0.2, 0.25) is 0 Å². The standard InChI is InChI=1S/C30H31N3O3S/c1-30(29(35)31-19-23-9-5-7-11-27(23)36-2)20-32-25-10-6-4-8-22(25)18-26(32)28(34)33(30)17-16-21-12-14-24(37-3)15-13-21/h4-15,18H,16-17,19-20H2,1-3H3,(H,31,35)/t30-/m0/s1. The Bertz CT molecular complexity index is 1450. The number of fused-ring (bicyclic) bond motifs is 3. The summed E-state index contributed by atoms with van der Waals surface area (Å²) in [5, 5.41) is 4.09. The Morgan fingerprint density at radius 3 is 2.54 bits per heavy atom. The molecule has 37 heavy (non-hydrogen) atoms. The van der Waals surface area contributed by atoms with Crippen LogP contribution in [0.1, 0.15) is 28.5 Å². The molecule has 2 heterocycles. The summed E-state index contributed by atoms with van der Waals surface area (Å²) in [6, 6.07) is 25.9. The van der Waals surface area contributed by atoms with Gasteiger partial charge in [-0.2, -0.15) is 0 Å². The van der Waals surface area contributed by atoms with E-state index in [9.17, 15) is 9.59 Å². The van der Waals surface area contributed by atoms with Crippen molar-refractivity contribution >= 4 is 34.5 Å². The van der Waals surface area contributed by atoms with Crippen LogP contribution in [0.5, 0.6) is 5.75 Å². The Balaban J connectivity index is 1.46. The number of nitrogens with one attached hydrogen (secondary N) is 1. The number of carbonyl (C=O) groups is 2. The minimum Gasteiger partial charge on any atom is -0.496 e. The zero-order valence-corrected chi connectivity index (χ0v) is 22.2. The smallest absolute Gasteiger partial charge is 0.271 e. The fraction of sp³-hybridized carbons (Fsp3) is 0.267. The first-order valence-corrected chi connectivity index (χ1v) is 13.6. The van der Waals surface area contributed by atoms with Gasteiger partial charge in [0.2, 0.25) is 5.91 Å². The molecule has 7 heteroatoms. The normalized spacial score (nSPS) is 17.1. The van der Waals surface area contributed by atoms with E-state index in [1.54, 1.807) is 23.8 Å². The molecule has 1 aliphatic rings. The van der Waals surface area contributed by atoms with E-state index in [0.717, 1.165) is 27.8 Å². The maximum atomic E-state index is 13.9. The van der Waals surface area contributed by atoms with Gasteiger partial charge in [0, 0.05) is 34.5 Å². The summed E-state index contributed by atoms with van der Waals surface area (Å²) < 4.78 is 7.44. The molecule has 5 rings (SSSR count). The molecule has 6 nitrogen and oxygen atoms in total. The zero-order chi connectivity index (χ0) is 26.0. The molecule has 190 valence electrons. The Morgan fingerprint density at radius 2 is 1.78 bits per heavy atom. The average Bonchev–Trinajstić information content (AvgIpc) is 3.30.